The van der Waals surface area contributed by atoms with Crippen LogP contribution in [0.1, 0.15) is 18.1 Å². The van der Waals surface area contributed by atoms with Gasteiger partial charge in [-0.25, -0.2) is 8.42 Å². The summed E-state index contributed by atoms with van der Waals surface area (Å²) in [6, 6.07) is 4.06. The maximum absolute atomic E-state index is 11.2. The highest BCUT2D eigenvalue weighted by Gasteiger charge is 2.20. The Kier molecular flexibility index (Phi) is 3.22. The van der Waals surface area contributed by atoms with Gasteiger partial charge in [-0.2, -0.15) is 5.26 Å². The normalized spacial score (nSPS) is 11.0. The van der Waals surface area contributed by atoms with Crippen molar-refractivity contribution in [3.05, 3.63) is 23.3 Å². The van der Waals surface area contributed by atoms with Crippen LogP contribution in [0.15, 0.2) is 17.0 Å². The lowest BCUT2D eigenvalue weighted by Crippen LogP contribution is -2.00. The zero-order chi connectivity index (χ0) is 11.6. The van der Waals surface area contributed by atoms with Crippen LogP contribution in [0.25, 0.3) is 0 Å². The molecule has 0 amide bonds. The predicted octanol–water partition coefficient (Wildman–Crippen LogP) is 1.75. The second kappa shape index (κ2) is 4.09. The first-order chi connectivity index (χ1) is 6.90. The van der Waals surface area contributed by atoms with Crippen molar-refractivity contribution in [3.8, 4) is 11.8 Å². The van der Waals surface area contributed by atoms with Crippen molar-refractivity contribution in [1.29, 1.82) is 5.26 Å². The van der Waals surface area contributed by atoms with E-state index in [0.717, 1.165) is 6.07 Å². The second-order valence-electron chi connectivity index (χ2n) is 2.88. The number of phenols is 1. The van der Waals surface area contributed by atoms with Crippen molar-refractivity contribution in [1.82, 2.24) is 0 Å². The Morgan fingerprint density at radius 1 is 1.53 bits per heavy atom. The summed E-state index contributed by atoms with van der Waals surface area (Å²) in [5.74, 6) is -0.146. The molecule has 1 rings (SSSR count). The largest absolute Gasteiger partial charge is 0.508 e. The SMILES string of the molecule is CCc1cc(O)cc(C#N)c1S(=O)(=O)Cl. The molecule has 0 saturated heterocycles. The van der Waals surface area contributed by atoms with Crippen LogP contribution in [0.2, 0.25) is 0 Å². The average Bonchev–Trinajstić information content (AvgIpc) is 2.14. The van der Waals surface area contributed by atoms with E-state index >= 15 is 0 Å². The van der Waals surface area contributed by atoms with Crippen LogP contribution in [0.3, 0.4) is 0 Å². The molecule has 6 heteroatoms. The first-order valence-electron chi connectivity index (χ1n) is 4.10. The number of halogens is 1. The minimum atomic E-state index is -3.97. The molecule has 0 bridgehead atoms. The third kappa shape index (κ3) is 2.41. The Morgan fingerprint density at radius 3 is 2.53 bits per heavy atom. The van der Waals surface area contributed by atoms with Crippen LogP contribution < -0.4 is 0 Å². The van der Waals surface area contributed by atoms with Crippen molar-refractivity contribution >= 4 is 19.7 Å². The van der Waals surface area contributed by atoms with Gasteiger partial charge in [-0.05, 0) is 24.1 Å². The van der Waals surface area contributed by atoms with E-state index in [2.05, 4.69) is 0 Å². The van der Waals surface area contributed by atoms with Crippen molar-refractivity contribution in [2.45, 2.75) is 18.2 Å². The molecule has 0 aromatic heterocycles. The first kappa shape index (κ1) is 11.8. The Labute approximate surface area is 92.1 Å². The highest BCUT2D eigenvalue weighted by molar-refractivity contribution is 8.13. The van der Waals surface area contributed by atoms with Gasteiger partial charge in [0.25, 0.3) is 9.05 Å². The van der Waals surface area contributed by atoms with Gasteiger partial charge in [0.05, 0.1) is 5.56 Å². The molecule has 4 nitrogen and oxygen atoms in total. The molecule has 0 heterocycles. The zero-order valence-electron chi connectivity index (χ0n) is 7.86. The van der Waals surface area contributed by atoms with E-state index in [9.17, 15) is 13.5 Å². The van der Waals surface area contributed by atoms with Crippen LogP contribution in [0.4, 0.5) is 0 Å². The topological polar surface area (TPSA) is 78.2 Å². The summed E-state index contributed by atoms with van der Waals surface area (Å²) in [6.07, 6.45) is 0.365. The fraction of sp³-hybridized carbons (Fsp3) is 0.222. The molecule has 0 spiro atoms. The standard InChI is InChI=1S/C9H8ClNO3S/c1-2-6-3-8(12)4-7(5-11)9(6)15(10,13)14/h3-4,12H,2H2,1H3. The molecule has 80 valence electrons. The molecule has 0 aliphatic rings. The van der Waals surface area contributed by atoms with E-state index in [1.54, 1.807) is 13.0 Å². The minimum Gasteiger partial charge on any atom is -0.508 e. The Bertz CT molecular complexity index is 531. The smallest absolute Gasteiger partial charge is 0.262 e. The molecule has 0 fully saturated rings. The number of aromatic hydroxyl groups is 1. The Balaban J connectivity index is 3.69. The van der Waals surface area contributed by atoms with Crippen molar-refractivity contribution in [2.24, 2.45) is 0 Å². The fourth-order valence-electron chi connectivity index (χ4n) is 1.31. The second-order valence-corrected chi connectivity index (χ2v) is 5.39. The highest BCUT2D eigenvalue weighted by atomic mass is 35.7. The van der Waals surface area contributed by atoms with Crippen LogP contribution in [-0.4, -0.2) is 13.5 Å². The lowest BCUT2D eigenvalue weighted by atomic mass is 10.1. The molecule has 1 aromatic rings. The predicted molar refractivity (Wildman–Crippen MR) is 55.2 cm³/mol. The lowest BCUT2D eigenvalue weighted by molar-refractivity contribution is 0.473. The van der Waals surface area contributed by atoms with E-state index in [-0.39, 0.29) is 16.2 Å². The van der Waals surface area contributed by atoms with E-state index in [4.69, 9.17) is 15.9 Å². The quantitative estimate of drug-likeness (QED) is 0.806. The maximum Gasteiger partial charge on any atom is 0.262 e. The number of rotatable bonds is 2. The monoisotopic (exact) mass is 245 g/mol. The summed E-state index contributed by atoms with van der Waals surface area (Å²) in [5, 5.41) is 18.0. The zero-order valence-corrected chi connectivity index (χ0v) is 9.43. The van der Waals surface area contributed by atoms with E-state index in [1.807, 2.05) is 0 Å². The lowest BCUT2D eigenvalue weighted by Gasteiger charge is -2.07. The first-order valence-corrected chi connectivity index (χ1v) is 6.41. The summed E-state index contributed by atoms with van der Waals surface area (Å²) in [5.41, 5.74) is 0.198. The van der Waals surface area contributed by atoms with E-state index < -0.39 is 9.05 Å². The molecule has 15 heavy (non-hydrogen) atoms. The van der Waals surface area contributed by atoms with Crippen LogP contribution in [0, 0.1) is 11.3 Å². The maximum atomic E-state index is 11.2. The number of hydrogen-bond donors (Lipinski definition) is 1. The van der Waals surface area contributed by atoms with E-state index in [0.29, 0.717) is 12.0 Å². The molecular formula is C9H8ClNO3S. The number of hydrogen-bond acceptors (Lipinski definition) is 4. The Hall–Kier alpha value is -1.25. The summed E-state index contributed by atoms with van der Waals surface area (Å²) in [7, 11) is 1.25. The van der Waals surface area contributed by atoms with Crippen molar-refractivity contribution < 1.29 is 13.5 Å². The summed E-state index contributed by atoms with van der Waals surface area (Å²) in [6.45, 7) is 1.71. The molecule has 1 N–H and O–H groups in total. The third-order valence-corrected chi connectivity index (χ3v) is 3.33. The number of aryl methyl sites for hydroxylation is 1. The number of benzene rings is 1. The fourth-order valence-corrected chi connectivity index (χ4v) is 2.74. The van der Waals surface area contributed by atoms with Gasteiger partial charge in [0.15, 0.2) is 0 Å². The van der Waals surface area contributed by atoms with Gasteiger partial charge in [0.1, 0.15) is 16.7 Å². The van der Waals surface area contributed by atoms with Gasteiger partial charge in [0.2, 0.25) is 0 Å². The summed E-state index contributed by atoms with van der Waals surface area (Å²) >= 11 is 0. The third-order valence-electron chi connectivity index (χ3n) is 1.90. The van der Waals surface area contributed by atoms with Gasteiger partial charge in [-0.15, -0.1) is 0 Å². The van der Waals surface area contributed by atoms with E-state index in [1.165, 1.54) is 6.07 Å². The number of phenolic OH excluding ortho intramolecular Hbond substituents is 1. The number of nitriles is 1. The van der Waals surface area contributed by atoms with Crippen molar-refractivity contribution in [2.75, 3.05) is 0 Å². The van der Waals surface area contributed by atoms with Crippen LogP contribution in [0.5, 0.6) is 5.75 Å². The molecule has 0 saturated carbocycles. The minimum absolute atomic E-state index is 0.137. The molecule has 0 aliphatic carbocycles. The molecule has 0 unspecified atom stereocenters. The van der Waals surface area contributed by atoms with Crippen LogP contribution >= 0.6 is 10.7 Å². The van der Waals surface area contributed by atoms with Gasteiger partial charge >= 0.3 is 0 Å². The summed E-state index contributed by atoms with van der Waals surface area (Å²) in [4.78, 5) is -0.216. The molecule has 0 radical (unpaired) electrons. The van der Waals surface area contributed by atoms with Gasteiger partial charge in [-0.1, -0.05) is 6.92 Å². The van der Waals surface area contributed by atoms with Gasteiger partial charge < -0.3 is 5.11 Å². The average molecular weight is 246 g/mol. The van der Waals surface area contributed by atoms with Gasteiger partial charge in [0, 0.05) is 10.7 Å². The number of nitrogens with zero attached hydrogens (tertiary/aromatic N) is 1. The highest BCUT2D eigenvalue weighted by Crippen LogP contribution is 2.28. The molecule has 1 aromatic carbocycles. The van der Waals surface area contributed by atoms with Crippen molar-refractivity contribution in [3.63, 3.8) is 0 Å². The van der Waals surface area contributed by atoms with Crippen LogP contribution in [-0.2, 0) is 15.5 Å². The molecular weight excluding hydrogens is 238 g/mol. The summed E-state index contributed by atoms with van der Waals surface area (Å²) < 4.78 is 22.5. The van der Waals surface area contributed by atoms with Gasteiger partial charge in [-0.3, -0.25) is 0 Å². The molecule has 0 atom stereocenters. The Morgan fingerprint density at radius 2 is 2.13 bits per heavy atom. The molecule has 0 aliphatic heterocycles.